The van der Waals surface area contributed by atoms with Crippen molar-refractivity contribution in [3.8, 4) is 17.2 Å². The Labute approximate surface area is 180 Å². The number of benzene rings is 1. The number of H-pyrrole nitrogens is 1. The highest BCUT2D eigenvalue weighted by Gasteiger charge is 2.33. The van der Waals surface area contributed by atoms with Gasteiger partial charge in [0, 0.05) is 23.4 Å². The fourth-order valence-electron chi connectivity index (χ4n) is 3.90. The van der Waals surface area contributed by atoms with Gasteiger partial charge in [0.1, 0.15) is 12.3 Å². The van der Waals surface area contributed by atoms with Crippen molar-refractivity contribution in [2.45, 2.75) is 25.7 Å². The molecule has 0 radical (unpaired) electrons. The number of rotatable bonds is 8. The summed E-state index contributed by atoms with van der Waals surface area (Å²) in [5, 5.41) is 0. The van der Waals surface area contributed by atoms with Crippen LogP contribution in [-0.2, 0) is 11.2 Å². The summed E-state index contributed by atoms with van der Waals surface area (Å²) in [7, 11) is 4.68. The highest BCUT2D eigenvalue weighted by Crippen LogP contribution is 2.43. The molecule has 0 aliphatic heterocycles. The van der Waals surface area contributed by atoms with Crippen LogP contribution in [0.1, 0.15) is 50.0 Å². The SMILES string of the molecule is COc1cc([C@H]2CC(=O)c3c([nH]c(C(=O)OCCSC)c3C)C2)cc(OC)c1OC. The summed E-state index contributed by atoms with van der Waals surface area (Å²) in [6, 6.07) is 3.75. The van der Waals surface area contributed by atoms with Crippen molar-refractivity contribution in [1.82, 2.24) is 4.98 Å². The molecular weight excluding hydrogens is 406 g/mol. The highest BCUT2D eigenvalue weighted by molar-refractivity contribution is 7.98. The number of ether oxygens (including phenoxy) is 4. The average Bonchev–Trinajstić information content (AvgIpc) is 3.09. The molecule has 0 amide bonds. The Morgan fingerprint density at radius 3 is 2.37 bits per heavy atom. The number of hydrogen-bond acceptors (Lipinski definition) is 7. The van der Waals surface area contributed by atoms with Gasteiger partial charge in [-0.2, -0.15) is 11.8 Å². The summed E-state index contributed by atoms with van der Waals surface area (Å²) in [6.07, 6.45) is 2.89. The Kier molecular flexibility index (Phi) is 6.97. The van der Waals surface area contributed by atoms with Crippen molar-refractivity contribution < 1.29 is 28.5 Å². The first-order valence-electron chi connectivity index (χ1n) is 9.65. The van der Waals surface area contributed by atoms with Crippen LogP contribution in [0.15, 0.2) is 12.1 Å². The quantitative estimate of drug-likeness (QED) is 0.501. The molecule has 1 N–H and O–H groups in total. The van der Waals surface area contributed by atoms with E-state index in [1.807, 2.05) is 18.4 Å². The fraction of sp³-hybridized carbons (Fsp3) is 0.455. The number of carbonyl (C=O) groups is 2. The maximum atomic E-state index is 13.0. The van der Waals surface area contributed by atoms with E-state index in [0.29, 0.717) is 53.5 Å². The number of fused-ring (bicyclic) bond motifs is 1. The number of Topliss-reactive ketones (excluding diaryl/α,β-unsaturated/α-hetero) is 1. The first-order chi connectivity index (χ1) is 14.4. The average molecular weight is 434 g/mol. The molecular formula is C22H27NO6S. The van der Waals surface area contributed by atoms with Crippen LogP contribution < -0.4 is 14.2 Å². The van der Waals surface area contributed by atoms with Crippen molar-refractivity contribution in [2.75, 3.05) is 39.9 Å². The Bertz CT molecular complexity index is 926. The standard InChI is InChI=1S/C22H27NO6S/c1-12-19-15(23-20(12)22(25)29-6-7-30-5)8-13(9-16(19)24)14-10-17(26-2)21(28-4)18(11-14)27-3/h10-11,13,23H,6-9H2,1-5H3/t13-/m1/s1. The molecule has 0 unspecified atom stereocenters. The number of carbonyl (C=O) groups excluding carboxylic acids is 2. The van der Waals surface area contributed by atoms with Crippen molar-refractivity contribution >= 4 is 23.5 Å². The maximum absolute atomic E-state index is 13.0. The number of nitrogens with one attached hydrogen (secondary N) is 1. The third kappa shape index (κ3) is 4.14. The van der Waals surface area contributed by atoms with Gasteiger partial charge in [0.25, 0.3) is 0 Å². The summed E-state index contributed by atoms with van der Waals surface area (Å²) < 4.78 is 21.6. The lowest BCUT2D eigenvalue weighted by Crippen LogP contribution is -2.19. The van der Waals surface area contributed by atoms with E-state index in [-0.39, 0.29) is 11.7 Å². The van der Waals surface area contributed by atoms with Gasteiger partial charge in [0.15, 0.2) is 17.3 Å². The maximum Gasteiger partial charge on any atom is 0.355 e. The molecule has 30 heavy (non-hydrogen) atoms. The van der Waals surface area contributed by atoms with Crippen LogP contribution in [0.3, 0.4) is 0 Å². The van der Waals surface area contributed by atoms with Crippen LogP contribution >= 0.6 is 11.8 Å². The molecule has 1 heterocycles. The van der Waals surface area contributed by atoms with E-state index in [4.69, 9.17) is 18.9 Å². The zero-order valence-electron chi connectivity index (χ0n) is 17.9. The zero-order chi connectivity index (χ0) is 21.8. The van der Waals surface area contributed by atoms with Gasteiger partial charge in [-0.05, 0) is 48.8 Å². The second-order valence-corrected chi connectivity index (χ2v) is 8.08. The van der Waals surface area contributed by atoms with E-state index in [2.05, 4.69) is 4.98 Å². The van der Waals surface area contributed by atoms with Crippen molar-refractivity contribution in [3.05, 3.63) is 40.2 Å². The largest absolute Gasteiger partial charge is 0.493 e. The summed E-state index contributed by atoms with van der Waals surface area (Å²) >= 11 is 1.61. The van der Waals surface area contributed by atoms with Gasteiger partial charge < -0.3 is 23.9 Å². The summed E-state index contributed by atoms with van der Waals surface area (Å²) in [5.74, 6) is 1.85. The van der Waals surface area contributed by atoms with Crippen LogP contribution in [0.4, 0.5) is 0 Å². The molecule has 2 aromatic rings. The van der Waals surface area contributed by atoms with E-state index in [9.17, 15) is 9.59 Å². The molecule has 1 aliphatic rings. The third-order valence-corrected chi connectivity index (χ3v) is 5.95. The Morgan fingerprint density at radius 2 is 1.80 bits per heavy atom. The molecule has 1 atom stereocenters. The third-order valence-electron chi connectivity index (χ3n) is 5.37. The second kappa shape index (κ2) is 9.47. The number of esters is 1. The van der Waals surface area contributed by atoms with E-state index in [1.165, 1.54) is 0 Å². The minimum absolute atomic E-state index is 0.00640. The molecule has 162 valence electrons. The molecule has 0 bridgehead atoms. The number of hydrogen-bond donors (Lipinski definition) is 1. The molecule has 1 aliphatic carbocycles. The molecule has 0 saturated heterocycles. The van der Waals surface area contributed by atoms with Crippen LogP contribution in [0, 0.1) is 6.92 Å². The van der Waals surface area contributed by atoms with Gasteiger partial charge in [0.05, 0.1) is 21.3 Å². The van der Waals surface area contributed by atoms with Crippen molar-refractivity contribution in [3.63, 3.8) is 0 Å². The number of aromatic nitrogens is 1. The minimum atomic E-state index is -0.423. The predicted octanol–water partition coefficient (Wildman–Crippen LogP) is 3.78. The molecule has 0 fully saturated rings. The summed E-state index contributed by atoms with van der Waals surface area (Å²) in [6.45, 7) is 2.13. The normalized spacial score (nSPS) is 15.5. The van der Waals surface area contributed by atoms with E-state index in [0.717, 1.165) is 17.0 Å². The summed E-state index contributed by atoms with van der Waals surface area (Å²) in [4.78, 5) is 28.5. The molecule has 0 saturated carbocycles. The predicted molar refractivity (Wildman–Crippen MR) is 116 cm³/mol. The van der Waals surface area contributed by atoms with E-state index in [1.54, 1.807) is 40.0 Å². The monoisotopic (exact) mass is 433 g/mol. The molecule has 1 aromatic carbocycles. The van der Waals surface area contributed by atoms with Gasteiger partial charge in [-0.15, -0.1) is 0 Å². The Balaban J connectivity index is 1.92. The van der Waals surface area contributed by atoms with E-state index < -0.39 is 5.97 Å². The number of ketones is 1. The number of thioether (sulfide) groups is 1. The molecule has 1 aromatic heterocycles. The van der Waals surface area contributed by atoms with Crippen LogP contribution in [0.25, 0.3) is 0 Å². The minimum Gasteiger partial charge on any atom is -0.493 e. The van der Waals surface area contributed by atoms with E-state index >= 15 is 0 Å². The summed E-state index contributed by atoms with van der Waals surface area (Å²) in [5.41, 5.74) is 3.31. The lowest BCUT2D eigenvalue weighted by molar-refractivity contribution is 0.0523. The smallest absolute Gasteiger partial charge is 0.355 e. The topological polar surface area (TPSA) is 86.9 Å². The molecule has 8 heteroatoms. The second-order valence-electron chi connectivity index (χ2n) is 7.09. The first kappa shape index (κ1) is 22.1. The van der Waals surface area contributed by atoms with Gasteiger partial charge in [-0.1, -0.05) is 0 Å². The van der Waals surface area contributed by atoms with Crippen molar-refractivity contribution in [2.24, 2.45) is 0 Å². The Hall–Kier alpha value is -2.61. The molecule has 7 nitrogen and oxygen atoms in total. The van der Waals surface area contributed by atoms with Gasteiger partial charge in [-0.25, -0.2) is 4.79 Å². The van der Waals surface area contributed by atoms with Gasteiger partial charge in [-0.3, -0.25) is 4.79 Å². The van der Waals surface area contributed by atoms with Crippen LogP contribution in [-0.4, -0.2) is 56.7 Å². The fourth-order valence-corrected chi connectivity index (χ4v) is 4.15. The van der Waals surface area contributed by atoms with Crippen LogP contribution in [0.5, 0.6) is 17.2 Å². The zero-order valence-corrected chi connectivity index (χ0v) is 18.7. The number of methoxy groups -OCH3 is 3. The molecule has 3 rings (SSSR count). The lowest BCUT2D eigenvalue weighted by atomic mass is 9.81. The van der Waals surface area contributed by atoms with Crippen molar-refractivity contribution in [1.29, 1.82) is 0 Å². The lowest BCUT2D eigenvalue weighted by Gasteiger charge is -2.24. The Morgan fingerprint density at radius 1 is 1.13 bits per heavy atom. The van der Waals surface area contributed by atoms with Gasteiger partial charge >= 0.3 is 5.97 Å². The van der Waals surface area contributed by atoms with Gasteiger partial charge in [0.2, 0.25) is 5.75 Å². The molecule has 0 spiro atoms. The first-order valence-corrected chi connectivity index (χ1v) is 11.0. The highest BCUT2D eigenvalue weighted by atomic mass is 32.2. The van der Waals surface area contributed by atoms with Crippen LogP contribution in [0.2, 0.25) is 0 Å². The number of aromatic amines is 1.